The number of ether oxygens (including phenoxy) is 1. The first-order valence-corrected chi connectivity index (χ1v) is 10.0. The largest absolute Gasteiger partial charge is 0.497 e. The number of hydrogen-bond acceptors (Lipinski definition) is 3. The molecule has 1 atom stereocenters. The van der Waals surface area contributed by atoms with Gasteiger partial charge in [0.25, 0.3) is 0 Å². The fourth-order valence-corrected chi connectivity index (χ4v) is 3.74. The molecule has 1 fully saturated rings. The van der Waals surface area contributed by atoms with Crippen LogP contribution in [0.1, 0.15) is 30.4 Å². The van der Waals surface area contributed by atoms with Crippen molar-refractivity contribution in [2.75, 3.05) is 26.7 Å². The van der Waals surface area contributed by atoms with Gasteiger partial charge in [-0.1, -0.05) is 24.3 Å². The molecule has 0 unspecified atom stereocenters. The SMILES string of the molecule is COc1cccc(CCCNC(=O)[C@H]2CCCN(Cc3ccc(F)cc3)C2)c1. The fraction of sp³-hybridized carbons (Fsp3) is 0.435. The summed E-state index contributed by atoms with van der Waals surface area (Å²) in [5, 5.41) is 3.10. The molecule has 5 heteroatoms. The molecular weight excluding hydrogens is 355 g/mol. The molecule has 3 rings (SSSR count). The molecule has 1 aliphatic heterocycles. The second kappa shape index (κ2) is 10.2. The van der Waals surface area contributed by atoms with E-state index in [-0.39, 0.29) is 17.6 Å². The van der Waals surface area contributed by atoms with Gasteiger partial charge in [0.15, 0.2) is 0 Å². The number of carbonyl (C=O) groups is 1. The van der Waals surface area contributed by atoms with Crippen LogP contribution in [0.15, 0.2) is 48.5 Å². The van der Waals surface area contributed by atoms with Crippen LogP contribution < -0.4 is 10.1 Å². The van der Waals surface area contributed by atoms with Crippen molar-refractivity contribution in [3.05, 3.63) is 65.5 Å². The van der Waals surface area contributed by atoms with Crippen LogP contribution in [-0.2, 0) is 17.8 Å². The van der Waals surface area contributed by atoms with Crippen LogP contribution >= 0.6 is 0 Å². The lowest BCUT2D eigenvalue weighted by Gasteiger charge is -2.32. The van der Waals surface area contributed by atoms with E-state index in [2.05, 4.69) is 16.3 Å². The van der Waals surface area contributed by atoms with Crippen molar-refractivity contribution in [2.24, 2.45) is 5.92 Å². The summed E-state index contributed by atoms with van der Waals surface area (Å²) in [7, 11) is 1.67. The first kappa shape index (κ1) is 20.3. The van der Waals surface area contributed by atoms with Crippen LogP contribution in [-0.4, -0.2) is 37.6 Å². The third-order valence-corrected chi connectivity index (χ3v) is 5.27. The summed E-state index contributed by atoms with van der Waals surface area (Å²) in [4.78, 5) is 14.8. The van der Waals surface area contributed by atoms with Crippen LogP contribution in [0.4, 0.5) is 4.39 Å². The van der Waals surface area contributed by atoms with Crippen LogP contribution in [0.3, 0.4) is 0 Å². The van der Waals surface area contributed by atoms with E-state index in [4.69, 9.17) is 4.74 Å². The third kappa shape index (κ3) is 6.06. The Hall–Kier alpha value is -2.40. The summed E-state index contributed by atoms with van der Waals surface area (Å²) >= 11 is 0. The third-order valence-electron chi connectivity index (χ3n) is 5.27. The highest BCUT2D eigenvalue weighted by Gasteiger charge is 2.25. The lowest BCUT2D eigenvalue weighted by Crippen LogP contribution is -2.42. The Labute approximate surface area is 166 Å². The average Bonchev–Trinajstić information content (AvgIpc) is 2.73. The molecule has 28 heavy (non-hydrogen) atoms. The maximum absolute atomic E-state index is 13.1. The Morgan fingerprint density at radius 3 is 2.82 bits per heavy atom. The first-order chi connectivity index (χ1) is 13.6. The van der Waals surface area contributed by atoms with Crippen LogP contribution in [0.25, 0.3) is 0 Å². The number of likely N-dealkylation sites (tertiary alicyclic amines) is 1. The zero-order valence-electron chi connectivity index (χ0n) is 16.5. The summed E-state index contributed by atoms with van der Waals surface area (Å²) in [5.41, 5.74) is 2.30. The number of methoxy groups -OCH3 is 1. The Balaban J connectivity index is 1.40. The first-order valence-electron chi connectivity index (χ1n) is 10.0. The minimum absolute atomic E-state index is 0.0333. The van der Waals surface area contributed by atoms with Crippen LogP contribution in [0.2, 0.25) is 0 Å². The second-order valence-corrected chi connectivity index (χ2v) is 7.45. The maximum Gasteiger partial charge on any atom is 0.224 e. The number of nitrogens with zero attached hydrogens (tertiary/aromatic N) is 1. The van der Waals surface area contributed by atoms with E-state index in [1.807, 2.05) is 30.3 Å². The van der Waals surface area contributed by atoms with Crippen molar-refractivity contribution in [2.45, 2.75) is 32.2 Å². The van der Waals surface area contributed by atoms with E-state index < -0.39 is 0 Å². The fourth-order valence-electron chi connectivity index (χ4n) is 3.74. The quantitative estimate of drug-likeness (QED) is 0.704. The van der Waals surface area contributed by atoms with Crippen LogP contribution in [0.5, 0.6) is 5.75 Å². The molecule has 0 spiro atoms. The molecule has 1 saturated heterocycles. The zero-order chi connectivity index (χ0) is 19.8. The number of aryl methyl sites for hydroxylation is 1. The monoisotopic (exact) mass is 384 g/mol. The van der Waals surface area contributed by atoms with E-state index in [9.17, 15) is 9.18 Å². The number of carbonyl (C=O) groups excluding carboxylic acids is 1. The van der Waals surface area contributed by atoms with E-state index in [0.717, 1.165) is 56.6 Å². The highest BCUT2D eigenvalue weighted by molar-refractivity contribution is 5.78. The van der Waals surface area contributed by atoms with E-state index in [1.165, 1.54) is 17.7 Å². The molecule has 1 aliphatic rings. The summed E-state index contributed by atoms with van der Waals surface area (Å²) in [6.07, 6.45) is 3.77. The van der Waals surface area contributed by atoms with Crippen molar-refractivity contribution >= 4 is 5.91 Å². The molecule has 1 N–H and O–H groups in total. The summed E-state index contributed by atoms with van der Waals surface area (Å²) < 4.78 is 18.3. The lowest BCUT2D eigenvalue weighted by atomic mass is 9.96. The second-order valence-electron chi connectivity index (χ2n) is 7.45. The van der Waals surface area contributed by atoms with Gasteiger partial charge in [-0.2, -0.15) is 0 Å². The van der Waals surface area contributed by atoms with Crippen molar-refractivity contribution < 1.29 is 13.9 Å². The van der Waals surface area contributed by atoms with Crippen molar-refractivity contribution in [3.63, 3.8) is 0 Å². The number of hydrogen-bond donors (Lipinski definition) is 1. The predicted octanol–water partition coefficient (Wildman–Crippen LogP) is 3.80. The minimum Gasteiger partial charge on any atom is -0.497 e. The summed E-state index contributed by atoms with van der Waals surface area (Å²) in [6.45, 7) is 3.19. The van der Waals surface area contributed by atoms with Gasteiger partial charge in [-0.25, -0.2) is 4.39 Å². The summed E-state index contributed by atoms with van der Waals surface area (Å²) in [6, 6.07) is 14.7. The molecule has 2 aromatic carbocycles. The average molecular weight is 384 g/mol. The van der Waals surface area contributed by atoms with Gasteiger partial charge in [-0.15, -0.1) is 0 Å². The van der Waals surface area contributed by atoms with Gasteiger partial charge in [0, 0.05) is 19.6 Å². The normalized spacial score (nSPS) is 17.3. The number of rotatable bonds is 8. The van der Waals surface area contributed by atoms with E-state index in [1.54, 1.807) is 7.11 Å². The van der Waals surface area contributed by atoms with Gasteiger partial charge in [0.2, 0.25) is 5.91 Å². The highest BCUT2D eigenvalue weighted by Crippen LogP contribution is 2.19. The van der Waals surface area contributed by atoms with Gasteiger partial charge < -0.3 is 10.1 Å². The van der Waals surface area contributed by atoms with Gasteiger partial charge in [0.05, 0.1) is 13.0 Å². The molecule has 0 bridgehead atoms. The van der Waals surface area contributed by atoms with Crippen molar-refractivity contribution in [1.29, 1.82) is 0 Å². The van der Waals surface area contributed by atoms with E-state index in [0.29, 0.717) is 6.54 Å². The molecule has 1 heterocycles. The molecular formula is C23H29FN2O2. The Bertz CT molecular complexity index is 763. The van der Waals surface area contributed by atoms with Crippen molar-refractivity contribution in [1.82, 2.24) is 10.2 Å². The van der Waals surface area contributed by atoms with Crippen molar-refractivity contribution in [3.8, 4) is 5.75 Å². The number of amides is 1. The maximum atomic E-state index is 13.1. The number of benzene rings is 2. The smallest absolute Gasteiger partial charge is 0.224 e. The van der Waals surface area contributed by atoms with Gasteiger partial charge in [-0.05, 0) is 67.6 Å². The Kier molecular flexibility index (Phi) is 7.43. The van der Waals surface area contributed by atoms with Crippen LogP contribution in [0, 0.1) is 11.7 Å². The van der Waals surface area contributed by atoms with Gasteiger partial charge >= 0.3 is 0 Å². The topological polar surface area (TPSA) is 41.6 Å². The minimum atomic E-state index is -0.214. The lowest BCUT2D eigenvalue weighted by molar-refractivity contribution is -0.126. The Morgan fingerprint density at radius 1 is 1.21 bits per heavy atom. The molecule has 4 nitrogen and oxygen atoms in total. The summed E-state index contributed by atoms with van der Waals surface area (Å²) in [5.74, 6) is 0.832. The molecule has 2 aromatic rings. The van der Waals surface area contributed by atoms with Gasteiger partial charge in [-0.3, -0.25) is 9.69 Å². The Morgan fingerprint density at radius 2 is 2.04 bits per heavy atom. The molecule has 0 radical (unpaired) electrons. The molecule has 0 saturated carbocycles. The predicted molar refractivity (Wildman–Crippen MR) is 109 cm³/mol. The zero-order valence-corrected chi connectivity index (χ0v) is 16.5. The van der Waals surface area contributed by atoms with E-state index >= 15 is 0 Å². The van der Waals surface area contributed by atoms with Gasteiger partial charge in [0.1, 0.15) is 11.6 Å². The highest BCUT2D eigenvalue weighted by atomic mass is 19.1. The number of nitrogens with one attached hydrogen (secondary N) is 1. The molecule has 1 amide bonds. The number of piperidine rings is 1. The molecule has 0 aliphatic carbocycles. The standard InChI is InChI=1S/C23H29FN2O2/c1-28-22-8-2-5-18(15-22)6-3-13-25-23(27)20-7-4-14-26(17-20)16-19-9-11-21(24)12-10-19/h2,5,8-12,15,20H,3-4,6-7,13-14,16-17H2,1H3,(H,25,27)/t20-/m0/s1. The molecule has 150 valence electrons. The number of halogens is 1. The molecule has 0 aromatic heterocycles.